The highest BCUT2D eigenvalue weighted by molar-refractivity contribution is 5.97. The summed E-state index contributed by atoms with van der Waals surface area (Å²) < 4.78 is 6.16. The van der Waals surface area contributed by atoms with E-state index in [1.54, 1.807) is 18.2 Å². The van der Waals surface area contributed by atoms with Crippen LogP contribution in [0.1, 0.15) is 18.6 Å². The fourth-order valence-electron chi connectivity index (χ4n) is 1.76. The summed E-state index contributed by atoms with van der Waals surface area (Å²) in [6.07, 6.45) is 0. The first-order chi connectivity index (χ1) is 8.00. The van der Waals surface area contributed by atoms with E-state index in [1.807, 2.05) is 0 Å². The average molecular weight is 233 g/mol. The molecule has 1 aromatic heterocycles. The highest BCUT2D eigenvalue weighted by Gasteiger charge is 2.14. The van der Waals surface area contributed by atoms with Crippen molar-refractivity contribution in [2.24, 2.45) is 0 Å². The number of carbonyl (C=O) groups is 2. The summed E-state index contributed by atoms with van der Waals surface area (Å²) in [7, 11) is 0. The van der Waals surface area contributed by atoms with Crippen LogP contribution in [0.2, 0.25) is 0 Å². The SMILES string of the molecule is CC(=O)Oc1cccc2c1cc(O)n2C(C)=O. The Morgan fingerprint density at radius 3 is 2.59 bits per heavy atom. The first-order valence-electron chi connectivity index (χ1n) is 5.03. The number of aromatic hydroxyl groups is 1. The maximum atomic E-state index is 11.4. The van der Waals surface area contributed by atoms with Gasteiger partial charge in [0.15, 0.2) is 5.88 Å². The van der Waals surface area contributed by atoms with E-state index in [9.17, 15) is 14.7 Å². The summed E-state index contributed by atoms with van der Waals surface area (Å²) in [6.45, 7) is 2.64. The Morgan fingerprint density at radius 2 is 2.00 bits per heavy atom. The summed E-state index contributed by atoms with van der Waals surface area (Å²) >= 11 is 0. The Kier molecular flexibility index (Phi) is 2.59. The molecule has 0 aliphatic carbocycles. The van der Waals surface area contributed by atoms with Crippen molar-refractivity contribution in [2.45, 2.75) is 13.8 Å². The molecule has 2 aromatic rings. The molecule has 0 saturated carbocycles. The summed E-state index contributed by atoms with van der Waals surface area (Å²) in [5.74, 6) is -0.609. The number of rotatable bonds is 1. The lowest BCUT2D eigenvalue weighted by Gasteiger charge is -2.04. The maximum Gasteiger partial charge on any atom is 0.308 e. The zero-order valence-electron chi connectivity index (χ0n) is 9.43. The summed E-state index contributed by atoms with van der Waals surface area (Å²) in [5, 5.41) is 10.2. The molecule has 0 spiro atoms. The van der Waals surface area contributed by atoms with Crippen LogP contribution >= 0.6 is 0 Å². The van der Waals surface area contributed by atoms with E-state index in [2.05, 4.69) is 0 Å². The van der Waals surface area contributed by atoms with Gasteiger partial charge in [0.05, 0.1) is 5.52 Å². The lowest BCUT2D eigenvalue weighted by atomic mass is 10.2. The number of esters is 1. The minimum Gasteiger partial charge on any atom is -0.494 e. The van der Waals surface area contributed by atoms with E-state index < -0.39 is 5.97 Å². The smallest absolute Gasteiger partial charge is 0.308 e. The topological polar surface area (TPSA) is 68.5 Å². The molecule has 2 rings (SSSR count). The molecule has 17 heavy (non-hydrogen) atoms. The first-order valence-corrected chi connectivity index (χ1v) is 5.03. The standard InChI is InChI=1S/C12H11NO4/c1-7(14)13-10-4-3-5-11(17-8(2)15)9(10)6-12(13)16/h3-6,16H,1-2H3. The normalized spacial score (nSPS) is 10.5. The molecule has 1 N–H and O–H groups in total. The van der Waals surface area contributed by atoms with Crippen LogP contribution in [0.5, 0.6) is 11.6 Å². The highest BCUT2D eigenvalue weighted by Crippen LogP contribution is 2.31. The van der Waals surface area contributed by atoms with Gasteiger partial charge in [-0.25, -0.2) is 0 Å². The molecule has 88 valence electrons. The quantitative estimate of drug-likeness (QED) is 0.603. The minimum atomic E-state index is -0.451. The number of fused-ring (bicyclic) bond motifs is 1. The van der Waals surface area contributed by atoms with Crippen molar-refractivity contribution in [2.75, 3.05) is 0 Å². The van der Waals surface area contributed by atoms with Crippen LogP contribution in [0, 0.1) is 0 Å². The van der Waals surface area contributed by atoms with Gasteiger partial charge < -0.3 is 9.84 Å². The van der Waals surface area contributed by atoms with Gasteiger partial charge in [-0.05, 0) is 12.1 Å². The van der Waals surface area contributed by atoms with Gasteiger partial charge in [0, 0.05) is 25.3 Å². The van der Waals surface area contributed by atoms with Crippen LogP contribution < -0.4 is 4.74 Å². The molecule has 1 heterocycles. The van der Waals surface area contributed by atoms with Crippen LogP contribution in [0.3, 0.4) is 0 Å². The van der Waals surface area contributed by atoms with Crippen molar-refractivity contribution < 1.29 is 19.4 Å². The lowest BCUT2D eigenvalue weighted by Crippen LogP contribution is -2.04. The Bertz CT molecular complexity index is 612. The number of nitrogens with zero attached hydrogens (tertiary/aromatic N) is 1. The van der Waals surface area contributed by atoms with Crippen molar-refractivity contribution in [3.8, 4) is 11.6 Å². The summed E-state index contributed by atoms with van der Waals surface area (Å²) in [4.78, 5) is 22.3. The molecule has 0 saturated heterocycles. The van der Waals surface area contributed by atoms with Gasteiger partial charge in [0.25, 0.3) is 0 Å². The van der Waals surface area contributed by atoms with Crippen LogP contribution in [-0.4, -0.2) is 21.6 Å². The van der Waals surface area contributed by atoms with Gasteiger partial charge >= 0.3 is 5.97 Å². The highest BCUT2D eigenvalue weighted by atomic mass is 16.5. The van der Waals surface area contributed by atoms with Crippen molar-refractivity contribution in [3.63, 3.8) is 0 Å². The zero-order valence-corrected chi connectivity index (χ0v) is 9.43. The van der Waals surface area contributed by atoms with E-state index >= 15 is 0 Å². The second-order valence-corrected chi connectivity index (χ2v) is 3.64. The van der Waals surface area contributed by atoms with Crippen molar-refractivity contribution in [3.05, 3.63) is 24.3 Å². The second-order valence-electron chi connectivity index (χ2n) is 3.64. The van der Waals surface area contributed by atoms with Gasteiger partial charge in [0.1, 0.15) is 5.75 Å². The Morgan fingerprint density at radius 1 is 1.29 bits per heavy atom. The van der Waals surface area contributed by atoms with E-state index in [0.29, 0.717) is 16.7 Å². The molecular formula is C12H11NO4. The van der Waals surface area contributed by atoms with Crippen LogP contribution in [0.15, 0.2) is 24.3 Å². The lowest BCUT2D eigenvalue weighted by molar-refractivity contribution is -0.131. The number of benzene rings is 1. The van der Waals surface area contributed by atoms with E-state index in [-0.39, 0.29) is 11.8 Å². The van der Waals surface area contributed by atoms with Crippen LogP contribution in [0.25, 0.3) is 10.9 Å². The monoisotopic (exact) mass is 233 g/mol. The molecule has 1 aromatic carbocycles. The number of carbonyl (C=O) groups excluding carboxylic acids is 2. The van der Waals surface area contributed by atoms with E-state index in [1.165, 1.54) is 19.9 Å². The molecular weight excluding hydrogens is 222 g/mol. The molecule has 0 amide bonds. The van der Waals surface area contributed by atoms with Gasteiger partial charge in [-0.3, -0.25) is 14.2 Å². The second kappa shape index (κ2) is 3.93. The molecule has 0 radical (unpaired) electrons. The summed E-state index contributed by atoms with van der Waals surface area (Å²) in [6, 6.07) is 6.32. The third kappa shape index (κ3) is 1.87. The van der Waals surface area contributed by atoms with Gasteiger partial charge in [-0.1, -0.05) is 6.07 Å². The molecule has 0 atom stereocenters. The number of aromatic nitrogens is 1. The average Bonchev–Trinajstić information content (AvgIpc) is 2.54. The minimum absolute atomic E-state index is 0.174. The molecule has 0 bridgehead atoms. The van der Waals surface area contributed by atoms with Gasteiger partial charge in [-0.2, -0.15) is 0 Å². The molecule has 0 fully saturated rings. The van der Waals surface area contributed by atoms with Gasteiger partial charge in [0.2, 0.25) is 5.91 Å². The van der Waals surface area contributed by atoms with Crippen molar-refractivity contribution in [1.29, 1.82) is 0 Å². The fourth-order valence-corrected chi connectivity index (χ4v) is 1.76. The van der Waals surface area contributed by atoms with Crippen LogP contribution in [-0.2, 0) is 4.79 Å². The number of hydrogen-bond donors (Lipinski definition) is 1. The molecule has 0 aliphatic rings. The molecule has 0 unspecified atom stereocenters. The zero-order chi connectivity index (χ0) is 12.6. The molecule has 5 heteroatoms. The Hall–Kier alpha value is -2.30. The fraction of sp³-hybridized carbons (Fsp3) is 0.167. The first kappa shape index (κ1) is 11.2. The third-order valence-corrected chi connectivity index (χ3v) is 2.36. The van der Waals surface area contributed by atoms with Crippen molar-refractivity contribution in [1.82, 2.24) is 4.57 Å². The Balaban J connectivity index is 2.70. The predicted octanol–water partition coefficient (Wildman–Crippen LogP) is 1.93. The van der Waals surface area contributed by atoms with E-state index in [0.717, 1.165) is 4.57 Å². The third-order valence-electron chi connectivity index (χ3n) is 2.36. The largest absolute Gasteiger partial charge is 0.494 e. The van der Waals surface area contributed by atoms with E-state index in [4.69, 9.17) is 4.74 Å². The summed E-state index contributed by atoms with van der Waals surface area (Å²) in [5.41, 5.74) is 0.508. The molecule has 5 nitrogen and oxygen atoms in total. The predicted molar refractivity (Wildman–Crippen MR) is 61.2 cm³/mol. The Labute approximate surface area is 97.2 Å². The van der Waals surface area contributed by atoms with Crippen molar-refractivity contribution >= 4 is 22.8 Å². The molecule has 0 aliphatic heterocycles. The number of hydrogen-bond acceptors (Lipinski definition) is 4. The van der Waals surface area contributed by atoms with Crippen LogP contribution in [0.4, 0.5) is 0 Å². The number of ether oxygens (including phenoxy) is 1. The maximum absolute atomic E-state index is 11.4. The van der Waals surface area contributed by atoms with Gasteiger partial charge in [-0.15, -0.1) is 0 Å².